The maximum absolute atomic E-state index is 11.8. The first-order valence-electron chi connectivity index (χ1n) is 6.91. The van der Waals surface area contributed by atoms with Crippen LogP contribution in [-0.4, -0.2) is 28.0 Å². The van der Waals surface area contributed by atoms with Gasteiger partial charge in [-0.25, -0.2) is 4.98 Å². The first kappa shape index (κ1) is 22.5. The van der Waals surface area contributed by atoms with Gasteiger partial charge in [0.05, 0.1) is 6.04 Å². The Hall–Kier alpha value is -0.780. The fraction of sp³-hybridized carbons (Fsp3) is 0.714. The van der Waals surface area contributed by atoms with E-state index in [4.69, 9.17) is 5.73 Å². The SMILES string of the molecule is Cc1nccn1CC(C)CNC(=O)[C@@H](N)CC(C)C.Cl.Cl. The molecule has 21 heavy (non-hydrogen) atoms. The minimum atomic E-state index is -0.401. The summed E-state index contributed by atoms with van der Waals surface area (Å²) in [7, 11) is 0. The maximum Gasteiger partial charge on any atom is 0.236 e. The van der Waals surface area contributed by atoms with Gasteiger partial charge in [0.2, 0.25) is 5.91 Å². The Labute approximate surface area is 139 Å². The van der Waals surface area contributed by atoms with Gasteiger partial charge in [0.1, 0.15) is 5.82 Å². The number of amides is 1. The number of carbonyl (C=O) groups excluding carboxylic acids is 1. The average Bonchev–Trinajstić information content (AvgIpc) is 2.71. The minimum Gasteiger partial charge on any atom is -0.354 e. The third-order valence-corrected chi connectivity index (χ3v) is 3.12. The summed E-state index contributed by atoms with van der Waals surface area (Å²) >= 11 is 0. The first-order chi connectivity index (χ1) is 8.90. The van der Waals surface area contributed by atoms with Gasteiger partial charge in [-0.15, -0.1) is 24.8 Å². The van der Waals surface area contributed by atoms with Crippen LogP contribution in [0.2, 0.25) is 0 Å². The number of aromatic nitrogens is 2. The lowest BCUT2D eigenvalue weighted by molar-refractivity contribution is -0.122. The van der Waals surface area contributed by atoms with Crippen molar-refractivity contribution in [3.8, 4) is 0 Å². The van der Waals surface area contributed by atoms with E-state index in [1.165, 1.54) is 0 Å². The van der Waals surface area contributed by atoms with Gasteiger partial charge < -0.3 is 15.6 Å². The van der Waals surface area contributed by atoms with Gasteiger partial charge in [0, 0.05) is 25.5 Å². The second-order valence-corrected chi connectivity index (χ2v) is 5.71. The highest BCUT2D eigenvalue weighted by Gasteiger charge is 2.15. The van der Waals surface area contributed by atoms with Crippen LogP contribution in [0.5, 0.6) is 0 Å². The molecule has 0 saturated carbocycles. The molecule has 0 radical (unpaired) electrons. The van der Waals surface area contributed by atoms with Gasteiger partial charge in [-0.3, -0.25) is 4.79 Å². The Balaban J connectivity index is 0. The quantitative estimate of drug-likeness (QED) is 0.800. The zero-order valence-corrected chi connectivity index (χ0v) is 14.8. The highest BCUT2D eigenvalue weighted by Crippen LogP contribution is 2.04. The van der Waals surface area contributed by atoms with E-state index in [0.717, 1.165) is 18.8 Å². The first-order valence-corrected chi connectivity index (χ1v) is 6.91. The predicted molar refractivity (Wildman–Crippen MR) is 91.1 cm³/mol. The van der Waals surface area contributed by atoms with Crippen molar-refractivity contribution in [2.45, 2.75) is 46.7 Å². The number of halogens is 2. The molecular weight excluding hydrogens is 311 g/mol. The van der Waals surface area contributed by atoms with Crippen LogP contribution in [0.4, 0.5) is 0 Å². The van der Waals surface area contributed by atoms with Gasteiger partial charge in [-0.2, -0.15) is 0 Å². The fourth-order valence-corrected chi connectivity index (χ4v) is 2.02. The normalized spacial score (nSPS) is 13.0. The zero-order valence-electron chi connectivity index (χ0n) is 13.2. The molecule has 1 heterocycles. The molecule has 0 spiro atoms. The Morgan fingerprint density at radius 1 is 1.38 bits per heavy atom. The van der Waals surface area contributed by atoms with Gasteiger partial charge in [-0.05, 0) is 25.2 Å². The van der Waals surface area contributed by atoms with Crippen molar-refractivity contribution in [2.24, 2.45) is 17.6 Å². The van der Waals surface area contributed by atoms with Crippen molar-refractivity contribution in [3.63, 3.8) is 0 Å². The molecule has 1 amide bonds. The van der Waals surface area contributed by atoms with Crippen LogP contribution in [0.15, 0.2) is 12.4 Å². The van der Waals surface area contributed by atoms with Gasteiger partial charge in [-0.1, -0.05) is 20.8 Å². The summed E-state index contributed by atoms with van der Waals surface area (Å²) in [6.07, 6.45) is 4.47. The molecule has 3 N–H and O–H groups in total. The number of nitrogens with two attached hydrogens (primary N) is 1. The largest absolute Gasteiger partial charge is 0.354 e. The summed E-state index contributed by atoms with van der Waals surface area (Å²) in [6, 6.07) is -0.401. The zero-order chi connectivity index (χ0) is 14.4. The number of rotatable bonds is 7. The topological polar surface area (TPSA) is 72.9 Å². The number of aryl methyl sites for hydroxylation is 1. The van der Waals surface area contributed by atoms with Gasteiger partial charge >= 0.3 is 0 Å². The van der Waals surface area contributed by atoms with Crippen LogP contribution in [-0.2, 0) is 11.3 Å². The lowest BCUT2D eigenvalue weighted by Gasteiger charge is -2.17. The average molecular weight is 339 g/mol. The fourth-order valence-electron chi connectivity index (χ4n) is 2.02. The molecule has 1 unspecified atom stereocenters. The van der Waals surface area contributed by atoms with Crippen molar-refractivity contribution in [2.75, 3.05) is 6.54 Å². The summed E-state index contributed by atoms with van der Waals surface area (Å²) in [5.74, 6) is 1.73. The number of imidazole rings is 1. The molecule has 0 fully saturated rings. The third-order valence-electron chi connectivity index (χ3n) is 3.12. The van der Waals surface area contributed by atoms with Crippen molar-refractivity contribution in [3.05, 3.63) is 18.2 Å². The van der Waals surface area contributed by atoms with Gasteiger partial charge in [0.15, 0.2) is 0 Å². The van der Waals surface area contributed by atoms with E-state index in [1.54, 1.807) is 6.20 Å². The van der Waals surface area contributed by atoms with E-state index < -0.39 is 6.04 Å². The maximum atomic E-state index is 11.8. The molecule has 0 bridgehead atoms. The van der Waals surface area contributed by atoms with Crippen LogP contribution in [0.25, 0.3) is 0 Å². The molecule has 2 atom stereocenters. The standard InChI is InChI=1S/C14H26N4O.2ClH/c1-10(2)7-13(15)14(19)17-8-11(3)9-18-6-5-16-12(18)4;;/h5-6,10-11,13H,7-9,15H2,1-4H3,(H,17,19);2*1H/t11?,13-;;/m0../s1. The van der Waals surface area contributed by atoms with Crippen LogP contribution in [0.3, 0.4) is 0 Å². The molecule has 5 nitrogen and oxygen atoms in total. The van der Waals surface area contributed by atoms with Crippen molar-refractivity contribution in [1.29, 1.82) is 0 Å². The third kappa shape index (κ3) is 8.29. The second-order valence-electron chi connectivity index (χ2n) is 5.71. The molecule has 1 aromatic rings. The molecule has 0 saturated heterocycles. The minimum absolute atomic E-state index is 0. The van der Waals surface area contributed by atoms with E-state index in [2.05, 4.69) is 35.6 Å². The molecule has 0 aliphatic rings. The second kappa shape index (κ2) is 10.9. The highest BCUT2D eigenvalue weighted by atomic mass is 35.5. The molecule has 7 heteroatoms. The highest BCUT2D eigenvalue weighted by molar-refractivity contribution is 5.85. The summed E-state index contributed by atoms with van der Waals surface area (Å²) in [6.45, 7) is 9.71. The number of nitrogens with zero attached hydrogens (tertiary/aromatic N) is 2. The summed E-state index contributed by atoms with van der Waals surface area (Å²) < 4.78 is 2.09. The molecule has 124 valence electrons. The lowest BCUT2D eigenvalue weighted by Crippen LogP contribution is -2.43. The number of nitrogens with one attached hydrogen (secondary N) is 1. The Kier molecular flexibility index (Phi) is 11.7. The number of carbonyl (C=O) groups is 1. The van der Waals surface area contributed by atoms with Crippen molar-refractivity contribution >= 4 is 30.7 Å². The Bertz CT molecular complexity index is 409. The van der Waals surface area contributed by atoms with E-state index in [9.17, 15) is 4.79 Å². The summed E-state index contributed by atoms with van der Waals surface area (Å²) in [5.41, 5.74) is 5.84. The predicted octanol–water partition coefficient (Wildman–Crippen LogP) is 2.16. The van der Waals surface area contributed by atoms with Crippen molar-refractivity contribution in [1.82, 2.24) is 14.9 Å². The smallest absolute Gasteiger partial charge is 0.236 e. The van der Waals surface area contributed by atoms with E-state index in [1.807, 2.05) is 13.1 Å². The summed E-state index contributed by atoms with van der Waals surface area (Å²) in [5, 5.41) is 2.92. The number of hydrogen-bond donors (Lipinski definition) is 2. The molecule has 1 rings (SSSR count). The molecule has 0 aliphatic carbocycles. The van der Waals surface area contributed by atoms with E-state index in [0.29, 0.717) is 18.4 Å². The Morgan fingerprint density at radius 3 is 2.48 bits per heavy atom. The summed E-state index contributed by atoms with van der Waals surface area (Å²) in [4.78, 5) is 16.0. The molecular formula is C14H28Cl2N4O. The monoisotopic (exact) mass is 338 g/mol. The number of hydrogen-bond acceptors (Lipinski definition) is 3. The van der Waals surface area contributed by atoms with Crippen molar-refractivity contribution < 1.29 is 4.79 Å². The lowest BCUT2D eigenvalue weighted by atomic mass is 10.0. The molecule has 0 aliphatic heterocycles. The van der Waals surface area contributed by atoms with Crippen LogP contribution >= 0.6 is 24.8 Å². The van der Waals surface area contributed by atoms with Crippen LogP contribution in [0, 0.1) is 18.8 Å². The van der Waals surface area contributed by atoms with Crippen LogP contribution < -0.4 is 11.1 Å². The molecule has 1 aromatic heterocycles. The van der Waals surface area contributed by atoms with Crippen LogP contribution in [0.1, 0.15) is 33.0 Å². The van der Waals surface area contributed by atoms with Gasteiger partial charge in [0.25, 0.3) is 0 Å². The Morgan fingerprint density at radius 2 is 2.00 bits per heavy atom. The van der Waals surface area contributed by atoms with E-state index in [-0.39, 0.29) is 30.7 Å². The van der Waals surface area contributed by atoms with E-state index >= 15 is 0 Å². The molecule has 0 aromatic carbocycles.